The van der Waals surface area contributed by atoms with Crippen LogP contribution < -0.4 is 5.32 Å². The molecule has 2 N–H and O–H groups in total. The second-order valence-corrected chi connectivity index (χ2v) is 6.45. The molecule has 0 aliphatic heterocycles. The fourth-order valence-electron chi connectivity index (χ4n) is 3.10. The van der Waals surface area contributed by atoms with Crippen LogP contribution in [0.2, 0.25) is 0 Å². The molecule has 0 bridgehead atoms. The molecular formula is C21H26N2O5. The molecule has 1 heterocycles. The summed E-state index contributed by atoms with van der Waals surface area (Å²) in [7, 11) is 2.68. The van der Waals surface area contributed by atoms with Crippen molar-refractivity contribution < 1.29 is 23.9 Å². The van der Waals surface area contributed by atoms with E-state index in [1.54, 1.807) is 13.0 Å². The lowest BCUT2D eigenvalue weighted by molar-refractivity contribution is -0.140. The molecule has 1 aromatic heterocycles. The molecule has 0 aliphatic carbocycles. The normalized spacial score (nSPS) is 10.4. The van der Waals surface area contributed by atoms with Crippen LogP contribution in [0.25, 0.3) is 0 Å². The number of aromatic amines is 1. The molecule has 0 fully saturated rings. The van der Waals surface area contributed by atoms with Crippen molar-refractivity contribution in [1.29, 1.82) is 0 Å². The van der Waals surface area contributed by atoms with Crippen molar-refractivity contribution in [3.63, 3.8) is 0 Å². The quantitative estimate of drug-likeness (QED) is 0.678. The van der Waals surface area contributed by atoms with Gasteiger partial charge in [0.15, 0.2) is 0 Å². The molecule has 0 unspecified atom stereocenters. The van der Waals surface area contributed by atoms with Crippen molar-refractivity contribution in [3.8, 4) is 0 Å². The van der Waals surface area contributed by atoms with Gasteiger partial charge in [-0.05, 0) is 43.0 Å². The second-order valence-electron chi connectivity index (χ2n) is 6.45. The molecule has 7 heteroatoms. The summed E-state index contributed by atoms with van der Waals surface area (Å²) in [5.41, 5.74) is 3.57. The van der Waals surface area contributed by atoms with Crippen LogP contribution in [0.15, 0.2) is 24.3 Å². The summed E-state index contributed by atoms with van der Waals surface area (Å²) < 4.78 is 9.51. The molecule has 0 aliphatic rings. The maximum Gasteiger partial charge on any atom is 0.339 e. The first kappa shape index (κ1) is 21.2. The summed E-state index contributed by atoms with van der Waals surface area (Å²) in [4.78, 5) is 39.3. The summed E-state index contributed by atoms with van der Waals surface area (Å²) in [6.45, 7) is 3.73. The minimum atomic E-state index is -0.457. The first-order chi connectivity index (χ1) is 13.4. The largest absolute Gasteiger partial charge is 0.469 e. The van der Waals surface area contributed by atoms with Crippen molar-refractivity contribution in [2.24, 2.45) is 0 Å². The van der Waals surface area contributed by atoms with Crippen molar-refractivity contribution in [2.45, 2.75) is 39.5 Å². The van der Waals surface area contributed by atoms with E-state index >= 15 is 0 Å². The summed E-state index contributed by atoms with van der Waals surface area (Å²) in [6.07, 6.45) is 2.15. The van der Waals surface area contributed by atoms with E-state index in [9.17, 15) is 14.4 Å². The van der Waals surface area contributed by atoms with Crippen LogP contribution in [0.5, 0.6) is 0 Å². The molecule has 0 saturated heterocycles. The van der Waals surface area contributed by atoms with Gasteiger partial charge in [0, 0.05) is 17.8 Å². The lowest BCUT2D eigenvalue weighted by Gasteiger charge is -2.09. The number of benzene rings is 1. The SMILES string of the molecule is CCCc1c(C(=O)Nc2cccc(CCC(=O)OC)c2)[nH]c(C)c1C(=O)OC. The van der Waals surface area contributed by atoms with Gasteiger partial charge in [0.05, 0.1) is 19.8 Å². The van der Waals surface area contributed by atoms with Crippen molar-refractivity contribution in [1.82, 2.24) is 4.98 Å². The van der Waals surface area contributed by atoms with Gasteiger partial charge in [0.1, 0.15) is 5.69 Å². The van der Waals surface area contributed by atoms with Crippen LogP contribution >= 0.6 is 0 Å². The Morgan fingerprint density at radius 3 is 2.50 bits per heavy atom. The molecule has 2 aromatic rings. The van der Waals surface area contributed by atoms with Crippen LogP contribution in [0.4, 0.5) is 5.69 Å². The number of ether oxygens (including phenoxy) is 2. The summed E-state index contributed by atoms with van der Waals surface area (Å²) in [5.74, 6) is -1.07. The van der Waals surface area contributed by atoms with E-state index in [1.807, 2.05) is 25.1 Å². The third kappa shape index (κ3) is 5.00. The number of amides is 1. The highest BCUT2D eigenvalue weighted by molar-refractivity contribution is 6.07. The lowest BCUT2D eigenvalue weighted by Crippen LogP contribution is -2.15. The fraction of sp³-hybridized carbons (Fsp3) is 0.381. The van der Waals surface area contributed by atoms with Gasteiger partial charge in [-0.15, -0.1) is 0 Å². The number of esters is 2. The van der Waals surface area contributed by atoms with Crippen LogP contribution in [0.1, 0.15) is 57.4 Å². The van der Waals surface area contributed by atoms with Crippen LogP contribution in [0.3, 0.4) is 0 Å². The van der Waals surface area contributed by atoms with Gasteiger partial charge in [-0.3, -0.25) is 9.59 Å². The number of aromatic nitrogens is 1. The Morgan fingerprint density at radius 2 is 1.86 bits per heavy atom. The molecule has 0 spiro atoms. The average Bonchev–Trinajstić information content (AvgIpc) is 3.02. The summed E-state index contributed by atoms with van der Waals surface area (Å²) in [6, 6.07) is 7.29. The zero-order valence-corrected chi connectivity index (χ0v) is 16.7. The number of carbonyl (C=O) groups is 3. The van der Waals surface area contributed by atoms with Crippen molar-refractivity contribution >= 4 is 23.5 Å². The Balaban J connectivity index is 2.23. The predicted molar refractivity (Wildman–Crippen MR) is 106 cm³/mol. The molecule has 0 saturated carbocycles. The van der Waals surface area contributed by atoms with Gasteiger partial charge in [0.25, 0.3) is 5.91 Å². The van der Waals surface area contributed by atoms with Gasteiger partial charge in [-0.2, -0.15) is 0 Å². The van der Waals surface area contributed by atoms with Crippen LogP contribution in [-0.4, -0.2) is 37.0 Å². The van der Waals surface area contributed by atoms with E-state index in [0.717, 1.165) is 12.0 Å². The third-order valence-corrected chi connectivity index (χ3v) is 4.44. The van der Waals surface area contributed by atoms with E-state index in [2.05, 4.69) is 15.0 Å². The number of aryl methyl sites for hydroxylation is 2. The second kappa shape index (κ2) is 9.73. The smallest absolute Gasteiger partial charge is 0.339 e. The summed E-state index contributed by atoms with van der Waals surface area (Å²) >= 11 is 0. The predicted octanol–water partition coefficient (Wildman–Crippen LogP) is 3.42. The molecule has 28 heavy (non-hydrogen) atoms. The number of methoxy groups -OCH3 is 2. The van der Waals surface area contributed by atoms with E-state index in [0.29, 0.717) is 41.0 Å². The molecule has 150 valence electrons. The Kier molecular flexibility index (Phi) is 7.37. The Hall–Kier alpha value is -3.09. The number of anilines is 1. The number of nitrogens with one attached hydrogen (secondary N) is 2. The van der Waals surface area contributed by atoms with Gasteiger partial charge in [0.2, 0.25) is 0 Å². The minimum Gasteiger partial charge on any atom is -0.469 e. The standard InChI is InChI=1S/C21H26N2O5/c1-5-7-16-18(21(26)28-4)13(2)22-19(16)20(25)23-15-9-6-8-14(12-15)10-11-17(24)27-3/h6,8-9,12,22H,5,7,10-11H2,1-4H3,(H,23,25). The molecule has 1 aromatic carbocycles. The van der Waals surface area contributed by atoms with Gasteiger partial charge in [-0.25, -0.2) is 4.79 Å². The molecule has 0 radical (unpaired) electrons. The van der Waals surface area contributed by atoms with Crippen molar-refractivity contribution in [2.75, 3.05) is 19.5 Å². The summed E-state index contributed by atoms with van der Waals surface area (Å²) in [5, 5.41) is 2.86. The molecule has 2 rings (SSSR count). The zero-order valence-electron chi connectivity index (χ0n) is 16.7. The van der Waals surface area contributed by atoms with Crippen LogP contribution in [0, 0.1) is 6.92 Å². The van der Waals surface area contributed by atoms with E-state index < -0.39 is 5.97 Å². The van der Waals surface area contributed by atoms with Gasteiger partial charge < -0.3 is 19.8 Å². The topological polar surface area (TPSA) is 97.5 Å². The number of H-pyrrole nitrogens is 1. The van der Waals surface area contributed by atoms with E-state index in [1.165, 1.54) is 14.2 Å². The first-order valence-electron chi connectivity index (χ1n) is 9.18. The van der Waals surface area contributed by atoms with E-state index in [-0.39, 0.29) is 18.3 Å². The Bertz CT molecular complexity index is 870. The third-order valence-electron chi connectivity index (χ3n) is 4.44. The van der Waals surface area contributed by atoms with E-state index in [4.69, 9.17) is 4.74 Å². The number of carbonyl (C=O) groups excluding carboxylic acids is 3. The average molecular weight is 386 g/mol. The maximum atomic E-state index is 12.8. The molecule has 1 amide bonds. The number of rotatable bonds is 8. The highest BCUT2D eigenvalue weighted by atomic mass is 16.5. The molecule has 7 nitrogen and oxygen atoms in total. The zero-order chi connectivity index (χ0) is 20.7. The minimum absolute atomic E-state index is 0.271. The van der Waals surface area contributed by atoms with Gasteiger partial charge in [-0.1, -0.05) is 25.5 Å². The fourth-order valence-corrected chi connectivity index (χ4v) is 3.10. The van der Waals surface area contributed by atoms with Crippen molar-refractivity contribution in [3.05, 3.63) is 52.3 Å². The number of hydrogen-bond donors (Lipinski definition) is 2. The Labute approximate surface area is 164 Å². The maximum absolute atomic E-state index is 12.8. The number of hydrogen-bond acceptors (Lipinski definition) is 5. The highest BCUT2D eigenvalue weighted by Gasteiger charge is 2.24. The van der Waals surface area contributed by atoms with Gasteiger partial charge >= 0.3 is 11.9 Å². The molecule has 0 atom stereocenters. The first-order valence-corrected chi connectivity index (χ1v) is 9.18. The lowest BCUT2D eigenvalue weighted by atomic mass is 10.0. The highest BCUT2D eigenvalue weighted by Crippen LogP contribution is 2.23. The Morgan fingerprint density at radius 1 is 1.11 bits per heavy atom. The van der Waals surface area contributed by atoms with Crippen LogP contribution in [-0.2, 0) is 27.1 Å². The molecular weight excluding hydrogens is 360 g/mol. The monoisotopic (exact) mass is 386 g/mol.